The Labute approximate surface area is 125 Å². The van der Waals surface area contributed by atoms with Crippen molar-refractivity contribution < 1.29 is 5.11 Å². The number of aliphatic hydroxyl groups is 1. The summed E-state index contributed by atoms with van der Waals surface area (Å²) in [6, 6.07) is 9.50. The number of aliphatic hydroxyl groups excluding tert-OH is 1. The van der Waals surface area contributed by atoms with Gasteiger partial charge in [0.15, 0.2) is 0 Å². The summed E-state index contributed by atoms with van der Waals surface area (Å²) < 4.78 is 0. The molecule has 0 aliphatic heterocycles. The van der Waals surface area contributed by atoms with Crippen LogP contribution in [0.1, 0.15) is 33.9 Å². The highest BCUT2D eigenvalue weighted by atomic mass is 35.5. The zero-order valence-corrected chi connectivity index (χ0v) is 12.8. The number of rotatable bonds is 3. The lowest BCUT2D eigenvalue weighted by molar-refractivity contribution is 0.179. The van der Waals surface area contributed by atoms with Gasteiger partial charge in [-0.25, -0.2) is 0 Å². The van der Waals surface area contributed by atoms with Crippen LogP contribution in [0.2, 0.25) is 5.02 Å². The molecule has 2 aromatic carbocycles. The Bertz CT molecular complexity index is 614. The van der Waals surface area contributed by atoms with Crippen LogP contribution in [0, 0.1) is 20.8 Å². The van der Waals surface area contributed by atoms with E-state index in [1.165, 1.54) is 22.3 Å². The van der Waals surface area contributed by atoms with Crippen molar-refractivity contribution in [3.63, 3.8) is 0 Å². The van der Waals surface area contributed by atoms with Crippen LogP contribution in [-0.4, -0.2) is 5.11 Å². The summed E-state index contributed by atoms with van der Waals surface area (Å²) in [5.74, 6) is 0. The second-order valence-corrected chi connectivity index (χ2v) is 5.81. The van der Waals surface area contributed by atoms with Crippen molar-refractivity contribution in [1.29, 1.82) is 0 Å². The molecule has 2 aromatic rings. The molecular weight excluding hydrogens is 270 g/mol. The first-order chi connectivity index (χ1) is 9.38. The third-order valence-corrected chi connectivity index (χ3v) is 3.88. The van der Waals surface area contributed by atoms with Crippen molar-refractivity contribution in [2.75, 3.05) is 5.73 Å². The van der Waals surface area contributed by atoms with E-state index in [0.717, 1.165) is 5.56 Å². The summed E-state index contributed by atoms with van der Waals surface area (Å²) in [5.41, 5.74) is 12.0. The smallest absolute Gasteiger partial charge is 0.0850 e. The van der Waals surface area contributed by atoms with Crippen LogP contribution in [-0.2, 0) is 6.42 Å². The van der Waals surface area contributed by atoms with Crippen molar-refractivity contribution in [3.8, 4) is 0 Å². The van der Waals surface area contributed by atoms with Crippen LogP contribution in [0.25, 0.3) is 0 Å². The number of anilines is 1. The van der Waals surface area contributed by atoms with Crippen molar-refractivity contribution in [3.05, 3.63) is 63.2 Å². The van der Waals surface area contributed by atoms with Crippen molar-refractivity contribution in [2.24, 2.45) is 0 Å². The third kappa shape index (κ3) is 3.14. The second kappa shape index (κ2) is 5.86. The molecular formula is C17H20ClNO. The number of halogens is 1. The van der Waals surface area contributed by atoms with Crippen molar-refractivity contribution in [1.82, 2.24) is 0 Å². The Kier molecular flexibility index (Phi) is 4.36. The first kappa shape index (κ1) is 14.9. The fourth-order valence-electron chi connectivity index (χ4n) is 2.68. The Balaban J connectivity index is 2.30. The monoisotopic (exact) mass is 289 g/mol. The maximum absolute atomic E-state index is 10.4. The van der Waals surface area contributed by atoms with Gasteiger partial charge >= 0.3 is 0 Å². The summed E-state index contributed by atoms with van der Waals surface area (Å²) in [6.07, 6.45) is -0.0589. The predicted octanol–water partition coefficient (Wildman–Crippen LogP) is 4.12. The molecule has 0 saturated carbocycles. The van der Waals surface area contributed by atoms with Crippen LogP contribution in [0.15, 0.2) is 30.3 Å². The molecule has 0 heterocycles. The highest BCUT2D eigenvalue weighted by molar-refractivity contribution is 6.30. The lowest BCUT2D eigenvalue weighted by atomic mass is 9.92. The molecule has 0 fully saturated rings. The van der Waals surface area contributed by atoms with Crippen LogP contribution in [0.4, 0.5) is 5.69 Å². The summed E-state index contributed by atoms with van der Waals surface area (Å²) in [6.45, 7) is 6.23. The summed E-state index contributed by atoms with van der Waals surface area (Å²) >= 11 is 5.89. The number of benzene rings is 2. The molecule has 0 bridgehead atoms. The Hall–Kier alpha value is -1.51. The maximum Gasteiger partial charge on any atom is 0.0850 e. The molecule has 2 nitrogen and oxygen atoms in total. The zero-order chi connectivity index (χ0) is 14.9. The van der Waals surface area contributed by atoms with E-state index < -0.39 is 6.10 Å². The molecule has 0 spiro atoms. The molecule has 0 aliphatic rings. The molecule has 1 atom stereocenters. The van der Waals surface area contributed by atoms with E-state index in [4.69, 9.17) is 17.3 Å². The van der Waals surface area contributed by atoms with E-state index >= 15 is 0 Å². The minimum absolute atomic E-state index is 0.535. The van der Waals surface area contributed by atoms with E-state index in [1.807, 2.05) is 0 Å². The van der Waals surface area contributed by atoms with E-state index in [9.17, 15) is 5.11 Å². The van der Waals surface area contributed by atoms with Crippen LogP contribution in [0.5, 0.6) is 0 Å². The van der Waals surface area contributed by atoms with E-state index in [1.54, 1.807) is 18.2 Å². The topological polar surface area (TPSA) is 46.2 Å². The van der Waals surface area contributed by atoms with Gasteiger partial charge in [-0.15, -0.1) is 0 Å². The molecule has 0 saturated heterocycles. The predicted molar refractivity (Wildman–Crippen MR) is 85.2 cm³/mol. The Morgan fingerprint density at radius 3 is 2.25 bits per heavy atom. The van der Waals surface area contributed by atoms with Crippen molar-refractivity contribution in [2.45, 2.75) is 33.3 Å². The molecule has 20 heavy (non-hydrogen) atoms. The summed E-state index contributed by atoms with van der Waals surface area (Å²) in [5, 5.41) is 11.0. The minimum atomic E-state index is -0.618. The van der Waals surface area contributed by atoms with Crippen LogP contribution in [0.3, 0.4) is 0 Å². The number of hydrogen-bond acceptors (Lipinski definition) is 2. The molecule has 0 amide bonds. The number of nitrogen functional groups attached to an aromatic ring is 1. The molecule has 0 radical (unpaired) electrons. The summed E-state index contributed by atoms with van der Waals surface area (Å²) in [7, 11) is 0. The SMILES string of the molecule is Cc1cc(C)c(CC(O)c2ccc(Cl)cc2N)c(C)c1. The van der Waals surface area contributed by atoms with Crippen LogP contribution >= 0.6 is 11.6 Å². The van der Waals surface area contributed by atoms with Gasteiger partial charge in [-0.2, -0.15) is 0 Å². The molecule has 0 aliphatic carbocycles. The number of nitrogens with two attached hydrogens (primary N) is 1. The second-order valence-electron chi connectivity index (χ2n) is 5.37. The third-order valence-electron chi connectivity index (χ3n) is 3.65. The van der Waals surface area contributed by atoms with E-state index in [2.05, 4.69) is 32.9 Å². The van der Waals surface area contributed by atoms with E-state index in [-0.39, 0.29) is 0 Å². The van der Waals surface area contributed by atoms with Gasteiger partial charge in [0.25, 0.3) is 0 Å². The molecule has 0 aromatic heterocycles. The molecule has 3 heteroatoms. The van der Waals surface area contributed by atoms with Gasteiger partial charge in [-0.3, -0.25) is 0 Å². The molecule has 106 valence electrons. The van der Waals surface area contributed by atoms with Gasteiger partial charge in [-0.1, -0.05) is 35.4 Å². The standard InChI is InChI=1S/C17H20ClNO/c1-10-6-11(2)15(12(3)7-10)9-17(20)14-5-4-13(18)8-16(14)19/h4-8,17,20H,9,19H2,1-3H3. The average molecular weight is 290 g/mol. The summed E-state index contributed by atoms with van der Waals surface area (Å²) in [4.78, 5) is 0. The number of aryl methyl sites for hydroxylation is 3. The van der Waals surface area contributed by atoms with Gasteiger partial charge in [0.2, 0.25) is 0 Å². The molecule has 1 unspecified atom stereocenters. The lowest BCUT2D eigenvalue weighted by Gasteiger charge is -2.17. The Morgan fingerprint density at radius 2 is 1.70 bits per heavy atom. The largest absolute Gasteiger partial charge is 0.398 e. The fourth-order valence-corrected chi connectivity index (χ4v) is 2.86. The highest BCUT2D eigenvalue weighted by Crippen LogP contribution is 2.28. The first-order valence-electron chi connectivity index (χ1n) is 6.68. The van der Waals surface area contributed by atoms with Gasteiger partial charge in [-0.05, 0) is 49.6 Å². The van der Waals surface area contributed by atoms with Gasteiger partial charge < -0.3 is 10.8 Å². The fraction of sp³-hybridized carbons (Fsp3) is 0.294. The average Bonchev–Trinajstić information content (AvgIpc) is 2.33. The first-order valence-corrected chi connectivity index (χ1v) is 7.06. The Morgan fingerprint density at radius 1 is 1.10 bits per heavy atom. The van der Waals surface area contributed by atoms with E-state index in [0.29, 0.717) is 17.1 Å². The van der Waals surface area contributed by atoms with Crippen LogP contribution < -0.4 is 5.73 Å². The maximum atomic E-state index is 10.4. The van der Waals surface area contributed by atoms with Gasteiger partial charge in [0.05, 0.1) is 6.10 Å². The minimum Gasteiger partial charge on any atom is -0.398 e. The van der Waals surface area contributed by atoms with Crippen molar-refractivity contribution >= 4 is 17.3 Å². The normalized spacial score (nSPS) is 12.4. The van der Waals surface area contributed by atoms with Gasteiger partial charge in [0.1, 0.15) is 0 Å². The van der Waals surface area contributed by atoms with Gasteiger partial charge in [0, 0.05) is 22.7 Å². The quantitative estimate of drug-likeness (QED) is 0.835. The molecule has 3 N–H and O–H groups in total. The highest BCUT2D eigenvalue weighted by Gasteiger charge is 2.15. The lowest BCUT2D eigenvalue weighted by Crippen LogP contribution is -2.07. The number of hydrogen-bond donors (Lipinski definition) is 2. The molecule has 2 rings (SSSR count). The zero-order valence-electron chi connectivity index (χ0n) is 12.1.